The fourth-order valence-corrected chi connectivity index (χ4v) is 2.39. The average Bonchev–Trinajstić information content (AvgIpc) is 3.14. The minimum absolute atomic E-state index is 0.0845. The smallest absolute Gasteiger partial charge is 0.390 e. The van der Waals surface area contributed by atoms with Crippen LogP contribution in [0.3, 0.4) is 0 Å². The van der Waals surface area contributed by atoms with Gasteiger partial charge in [-0.05, 0) is 39.5 Å². The Morgan fingerprint density at radius 1 is 1.23 bits per heavy atom. The molecule has 12 nitrogen and oxygen atoms in total. The molecule has 1 rings (SSSR count). The molecule has 0 amide bonds. The van der Waals surface area contributed by atoms with Crippen molar-refractivity contribution < 1.29 is 28.9 Å². The van der Waals surface area contributed by atoms with Crippen molar-refractivity contribution in [3.63, 3.8) is 0 Å². The fourth-order valence-electron chi connectivity index (χ4n) is 2.39. The predicted octanol–water partition coefficient (Wildman–Crippen LogP) is 0.939. The molecule has 0 aromatic carbocycles. The predicted molar refractivity (Wildman–Crippen MR) is 110 cm³/mol. The Balaban J connectivity index is 2.70. The third-order valence-corrected chi connectivity index (χ3v) is 4.63. The topological polar surface area (TPSA) is 155 Å². The molecule has 174 valence electrons. The molecule has 0 saturated heterocycles. The van der Waals surface area contributed by atoms with Gasteiger partial charge < -0.3 is 20.2 Å². The van der Waals surface area contributed by atoms with E-state index in [2.05, 4.69) is 15.8 Å². The van der Waals surface area contributed by atoms with Crippen molar-refractivity contribution in [2.45, 2.75) is 71.9 Å². The van der Waals surface area contributed by atoms with Crippen LogP contribution in [0.5, 0.6) is 0 Å². The van der Waals surface area contributed by atoms with E-state index in [1.54, 1.807) is 13.8 Å². The number of ketones is 3. The number of aromatic nitrogens is 2. The molecule has 1 aromatic rings. The quantitative estimate of drug-likeness (QED) is 0.132. The summed E-state index contributed by atoms with van der Waals surface area (Å²) in [6.07, 6.45) is 2.36. The summed E-state index contributed by atoms with van der Waals surface area (Å²) in [6, 6.07) is 0. The van der Waals surface area contributed by atoms with Gasteiger partial charge in [0, 0.05) is 19.9 Å². The number of nitrogens with zero attached hydrogens (tertiary/aromatic N) is 3. The highest BCUT2D eigenvalue weighted by Gasteiger charge is 2.32. The van der Waals surface area contributed by atoms with Crippen molar-refractivity contribution in [2.24, 2.45) is 0 Å². The molecular weight excluding hydrogens is 410 g/mol. The molecular formula is C19H31N5O7. The summed E-state index contributed by atoms with van der Waals surface area (Å²) in [7, 11) is 0. The number of nitrogens with one attached hydrogen (secondary N) is 2. The van der Waals surface area contributed by atoms with E-state index < -0.39 is 33.9 Å². The Bertz CT molecular complexity index is 803. The summed E-state index contributed by atoms with van der Waals surface area (Å²) in [6.45, 7) is 9.62. The minimum atomic E-state index is -1.28. The summed E-state index contributed by atoms with van der Waals surface area (Å²) in [5.74, 6) is -1.62. The van der Waals surface area contributed by atoms with E-state index in [-0.39, 0.29) is 24.9 Å². The van der Waals surface area contributed by atoms with Crippen LogP contribution >= 0.6 is 0 Å². The molecule has 0 spiro atoms. The Morgan fingerprint density at radius 3 is 2.42 bits per heavy atom. The highest BCUT2D eigenvalue weighted by molar-refractivity contribution is 6.39. The van der Waals surface area contributed by atoms with E-state index in [4.69, 9.17) is 9.57 Å². The lowest BCUT2D eigenvalue weighted by atomic mass is 9.98. The van der Waals surface area contributed by atoms with E-state index in [1.165, 1.54) is 44.7 Å². The third kappa shape index (κ3) is 8.25. The molecule has 0 aliphatic heterocycles. The van der Waals surface area contributed by atoms with Gasteiger partial charge in [-0.3, -0.25) is 19.2 Å². The summed E-state index contributed by atoms with van der Waals surface area (Å²) in [5, 5.41) is 13.9. The van der Waals surface area contributed by atoms with Gasteiger partial charge in [-0.1, -0.05) is 4.98 Å². The number of rotatable bonds is 15. The first-order chi connectivity index (χ1) is 14.3. The molecule has 0 aliphatic rings. The molecule has 0 bridgehead atoms. The van der Waals surface area contributed by atoms with E-state index in [0.29, 0.717) is 13.0 Å². The van der Waals surface area contributed by atoms with Gasteiger partial charge in [0.05, 0.1) is 18.7 Å². The van der Waals surface area contributed by atoms with Crippen molar-refractivity contribution >= 4 is 23.3 Å². The Kier molecular flexibility index (Phi) is 9.56. The summed E-state index contributed by atoms with van der Waals surface area (Å²) in [5.41, 5.74) is 0.456. The zero-order chi connectivity index (χ0) is 23.8. The van der Waals surface area contributed by atoms with Crippen molar-refractivity contribution in [1.82, 2.24) is 20.3 Å². The van der Waals surface area contributed by atoms with Crippen LogP contribution in [0.25, 0.3) is 0 Å². The van der Waals surface area contributed by atoms with Gasteiger partial charge in [-0.15, -0.1) is 0 Å². The maximum Gasteiger partial charge on any atom is 0.434 e. The van der Waals surface area contributed by atoms with Gasteiger partial charge in [0.1, 0.15) is 23.7 Å². The molecule has 1 unspecified atom stereocenters. The van der Waals surface area contributed by atoms with Crippen molar-refractivity contribution in [1.29, 1.82) is 0 Å². The maximum absolute atomic E-state index is 12.0. The Morgan fingerprint density at radius 2 is 1.87 bits per heavy atom. The second kappa shape index (κ2) is 11.2. The van der Waals surface area contributed by atoms with Crippen molar-refractivity contribution in [3.8, 4) is 0 Å². The summed E-state index contributed by atoms with van der Waals surface area (Å²) >= 11 is 0. The van der Waals surface area contributed by atoms with Gasteiger partial charge in [0.25, 0.3) is 0 Å². The van der Waals surface area contributed by atoms with E-state index in [9.17, 15) is 24.5 Å². The van der Waals surface area contributed by atoms with Crippen LogP contribution < -0.4 is 10.8 Å². The zero-order valence-corrected chi connectivity index (χ0v) is 18.8. The lowest BCUT2D eigenvalue weighted by molar-refractivity contribution is -0.396. The molecule has 0 fully saturated rings. The molecule has 1 aromatic heterocycles. The van der Waals surface area contributed by atoms with Crippen molar-refractivity contribution in [3.05, 3.63) is 22.5 Å². The third-order valence-electron chi connectivity index (χ3n) is 4.63. The number of imidazole rings is 1. The van der Waals surface area contributed by atoms with Crippen LogP contribution in [0.15, 0.2) is 12.4 Å². The monoisotopic (exact) mass is 441 g/mol. The van der Waals surface area contributed by atoms with Crippen LogP contribution in [0.2, 0.25) is 0 Å². The van der Waals surface area contributed by atoms with E-state index in [1.807, 2.05) is 0 Å². The molecule has 1 heterocycles. The first kappa shape index (κ1) is 26.5. The summed E-state index contributed by atoms with van der Waals surface area (Å²) < 4.78 is 7.09. The Labute approximate surface area is 180 Å². The molecule has 0 aliphatic carbocycles. The number of carbonyl (C=O) groups is 3. The van der Waals surface area contributed by atoms with Crippen LogP contribution in [-0.4, -0.2) is 62.3 Å². The first-order valence-electron chi connectivity index (χ1n) is 9.79. The Hall–Kier alpha value is -2.54. The van der Waals surface area contributed by atoms with Gasteiger partial charge in [0.15, 0.2) is 12.1 Å². The molecule has 2 N–H and O–H groups in total. The van der Waals surface area contributed by atoms with Gasteiger partial charge in [-0.25, -0.2) is 4.57 Å². The second-order valence-electron chi connectivity index (χ2n) is 8.12. The number of hydroxylamine groups is 1. The molecule has 1 atom stereocenters. The molecule has 0 saturated carbocycles. The standard InChI is InChI=1S/C19H31N5O7/c1-13(25)16(27)19(5,6)22-31-15(12-21-18(3,4)14(2)26)30-11-7-9-23-10-8-20-17(23)24(28)29/h8,10,15,21-22H,7,9,11-12H2,1-6H3. The van der Waals surface area contributed by atoms with Crippen LogP contribution in [0.4, 0.5) is 5.95 Å². The highest BCUT2D eigenvalue weighted by Crippen LogP contribution is 2.10. The molecule has 0 radical (unpaired) electrons. The maximum atomic E-state index is 12.0. The van der Waals surface area contributed by atoms with Crippen LogP contribution in [-0.2, 0) is 30.5 Å². The largest absolute Gasteiger partial charge is 0.434 e. The number of hydrogen-bond acceptors (Lipinski definition) is 10. The second-order valence-corrected chi connectivity index (χ2v) is 8.12. The molecule has 31 heavy (non-hydrogen) atoms. The minimum Gasteiger partial charge on any atom is -0.390 e. The SMILES string of the molecule is CC(=O)C(=O)C(C)(C)NOC(CNC(C)(C)C(C)=O)OCCCn1ccnc1[N+](=O)[O-]. The number of aryl methyl sites for hydroxylation is 1. The number of carbonyl (C=O) groups excluding carboxylic acids is 3. The normalized spacial score (nSPS) is 13.1. The number of Topliss-reactive ketones (excluding diaryl/α,β-unsaturated/α-hetero) is 3. The lowest BCUT2D eigenvalue weighted by Gasteiger charge is -2.29. The van der Waals surface area contributed by atoms with E-state index in [0.717, 1.165) is 0 Å². The number of ether oxygens (including phenoxy) is 1. The van der Waals surface area contributed by atoms with Crippen molar-refractivity contribution in [2.75, 3.05) is 13.2 Å². The lowest BCUT2D eigenvalue weighted by Crippen LogP contribution is -2.54. The first-order valence-corrected chi connectivity index (χ1v) is 9.79. The van der Waals surface area contributed by atoms with Crippen LogP contribution in [0.1, 0.15) is 48.0 Å². The highest BCUT2D eigenvalue weighted by atomic mass is 16.8. The van der Waals surface area contributed by atoms with Gasteiger partial charge >= 0.3 is 5.95 Å². The van der Waals surface area contributed by atoms with E-state index >= 15 is 0 Å². The number of hydrogen-bond donors (Lipinski definition) is 2. The molecule has 12 heteroatoms. The van der Waals surface area contributed by atoms with Gasteiger partial charge in [-0.2, -0.15) is 5.48 Å². The average molecular weight is 441 g/mol. The fraction of sp³-hybridized carbons (Fsp3) is 0.684. The van der Waals surface area contributed by atoms with Crippen LogP contribution in [0, 0.1) is 10.1 Å². The summed E-state index contributed by atoms with van der Waals surface area (Å²) in [4.78, 5) is 54.6. The number of nitro groups is 1. The zero-order valence-electron chi connectivity index (χ0n) is 18.8. The van der Waals surface area contributed by atoms with Gasteiger partial charge in [0.2, 0.25) is 5.78 Å².